The third-order valence-corrected chi connectivity index (χ3v) is 3.06. The molecule has 1 rings (SSSR count). The molecule has 0 saturated heterocycles. The van der Waals surface area contributed by atoms with E-state index in [1.165, 1.54) is 5.56 Å². The summed E-state index contributed by atoms with van der Waals surface area (Å²) in [5.74, 6) is 0. The molecule has 0 atom stereocenters. The van der Waals surface area contributed by atoms with Crippen molar-refractivity contribution in [2.75, 3.05) is 0 Å². The van der Waals surface area contributed by atoms with E-state index in [0.717, 1.165) is 15.5 Å². The zero-order valence-corrected chi connectivity index (χ0v) is 11.9. The molecule has 0 unspecified atom stereocenters. The molecule has 0 radical (unpaired) electrons. The minimum Gasteiger partial charge on any atom is -0.308 e. The van der Waals surface area contributed by atoms with Crippen LogP contribution in [0.4, 0.5) is 0 Å². The molecule has 14 heavy (non-hydrogen) atoms. The van der Waals surface area contributed by atoms with Gasteiger partial charge in [-0.25, -0.2) is 0 Å². The summed E-state index contributed by atoms with van der Waals surface area (Å²) in [5, 5.41) is 3.45. The van der Waals surface area contributed by atoms with Gasteiger partial charge in [0.15, 0.2) is 0 Å². The number of hydrogen-bond acceptors (Lipinski definition) is 1. The Bertz CT molecular complexity index is 316. The minimum absolute atomic E-state index is 0.159. The van der Waals surface area contributed by atoms with Gasteiger partial charge in [0.05, 0.1) is 0 Å². The van der Waals surface area contributed by atoms with Crippen LogP contribution in [0.3, 0.4) is 0 Å². The molecular formula is C11H15Br2N. The Kier molecular flexibility index (Phi) is 4.16. The molecule has 0 fully saturated rings. The van der Waals surface area contributed by atoms with Crippen molar-refractivity contribution in [3.05, 3.63) is 32.7 Å². The zero-order chi connectivity index (χ0) is 10.8. The molecule has 1 nitrogen and oxygen atoms in total. The first-order chi connectivity index (χ1) is 6.38. The van der Waals surface area contributed by atoms with Crippen molar-refractivity contribution in [3.63, 3.8) is 0 Å². The molecule has 0 bridgehead atoms. The lowest BCUT2D eigenvalue weighted by Gasteiger charge is -2.21. The zero-order valence-electron chi connectivity index (χ0n) is 8.70. The number of benzene rings is 1. The quantitative estimate of drug-likeness (QED) is 0.865. The normalized spacial score (nSPS) is 11.8. The van der Waals surface area contributed by atoms with Crippen LogP contribution in [-0.4, -0.2) is 5.54 Å². The van der Waals surface area contributed by atoms with Gasteiger partial charge in [-0.1, -0.05) is 37.9 Å². The number of rotatable bonds is 2. The molecule has 0 spiro atoms. The van der Waals surface area contributed by atoms with Gasteiger partial charge in [0.2, 0.25) is 0 Å². The molecule has 0 amide bonds. The van der Waals surface area contributed by atoms with Crippen LogP contribution in [-0.2, 0) is 6.54 Å². The van der Waals surface area contributed by atoms with Crippen molar-refractivity contribution in [2.45, 2.75) is 32.9 Å². The smallest absolute Gasteiger partial charge is 0.0231 e. The Morgan fingerprint density at radius 3 is 2.36 bits per heavy atom. The third-order valence-electron chi connectivity index (χ3n) is 1.82. The summed E-state index contributed by atoms with van der Waals surface area (Å²) >= 11 is 6.98. The van der Waals surface area contributed by atoms with Gasteiger partial charge in [0, 0.05) is 21.0 Å². The largest absolute Gasteiger partial charge is 0.308 e. The van der Waals surface area contributed by atoms with Gasteiger partial charge >= 0.3 is 0 Å². The van der Waals surface area contributed by atoms with Gasteiger partial charge in [-0.15, -0.1) is 0 Å². The Morgan fingerprint density at radius 2 is 1.86 bits per heavy atom. The average Bonchev–Trinajstić information content (AvgIpc) is 2.00. The fourth-order valence-corrected chi connectivity index (χ4v) is 2.21. The Morgan fingerprint density at radius 1 is 1.21 bits per heavy atom. The predicted molar refractivity (Wildman–Crippen MR) is 68.4 cm³/mol. The molecule has 0 aliphatic heterocycles. The van der Waals surface area contributed by atoms with E-state index < -0.39 is 0 Å². The van der Waals surface area contributed by atoms with Crippen LogP contribution in [0.5, 0.6) is 0 Å². The van der Waals surface area contributed by atoms with E-state index in [0.29, 0.717) is 0 Å². The highest BCUT2D eigenvalue weighted by Crippen LogP contribution is 2.22. The van der Waals surface area contributed by atoms with E-state index in [4.69, 9.17) is 0 Å². The van der Waals surface area contributed by atoms with E-state index >= 15 is 0 Å². The van der Waals surface area contributed by atoms with Gasteiger partial charge in [-0.05, 0) is 38.5 Å². The Balaban J connectivity index is 2.68. The van der Waals surface area contributed by atoms with Crippen LogP contribution in [0.25, 0.3) is 0 Å². The first-order valence-electron chi connectivity index (χ1n) is 4.57. The van der Waals surface area contributed by atoms with E-state index in [9.17, 15) is 0 Å². The van der Waals surface area contributed by atoms with E-state index in [2.05, 4.69) is 76.1 Å². The highest BCUT2D eigenvalue weighted by atomic mass is 79.9. The molecule has 1 aromatic carbocycles. The molecule has 0 aliphatic carbocycles. The molecule has 0 aromatic heterocycles. The fraction of sp³-hybridized carbons (Fsp3) is 0.455. The van der Waals surface area contributed by atoms with Crippen LogP contribution in [0, 0.1) is 0 Å². The lowest BCUT2D eigenvalue weighted by atomic mass is 10.1. The summed E-state index contributed by atoms with van der Waals surface area (Å²) in [6.07, 6.45) is 0. The monoisotopic (exact) mass is 319 g/mol. The van der Waals surface area contributed by atoms with E-state index in [1.807, 2.05) is 0 Å². The average molecular weight is 321 g/mol. The van der Waals surface area contributed by atoms with E-state index in [1.54, 1.807) is 0 Å². The molecule has 1 aromatic rings. The third kappa shape index (κ3) is 4.11. The minimum atomic E-state index is 0.159. The lowest BCUT2D eigenvalue weighted by Crippen LogP contribution is -2.35. The number of halogens is 2. The van der Waals surface area contributed by atoms with E-state index in [-0.39, 0.29) is 5.54 Å². The van der Waals surface area contributed by atoms with Crippen molar-refractivity contribution >= 4 is 31.9 Å². The standard InChI is InChI=1S/C11H15Br2N/c1-11(2,3)14-7-8-4-5-9(12)6-10(8)13/h4-6,14H,7H2,1-3H3. The molecule has 1 N–H and O–H groups in total. The first kappa shape index (κ1) is 12.2. The topological polar surface area (TPSA) is 12.0 Å². The lowest BCUT2D eigenvalue weighted by molar-refractivity contribution is 0.424. The molecule has 0 saturated carbocycles. The van der Waals surface area contributed by atoms with Crippen LogP contribution in [0.1, 0.15) is 26.3 Å². The molecular weight excluding hydrogens is 306 g/mol. The Labute approximate surface area is 103 Å². The predicted octanol–water partition coefficient (Wildman–Crippen LogP) is 4.10. The maximum atomic E-state index is 3.54. The van der Waals surface area contributed by atoms with Crippen LogP contribution >= 0.6 is 31.9 Å². The van der Waals surface area contributed by atoms with Crippen molar-refractivity contribution in [2.24, 2.45) is 0 Å². The summed E-state index contributed by atoms with van der Waals surface area (Å²) in [4.78, 5) is 0. The summed E-state index contributed by atoms with van der Waals surface area (Å²) in [6.45, 7) is 7.39. The van der Waals surface area contributed by atoms with Crippen molar-refractivity contribution < 1.29 is 0 Å². The number of nitrogens with one attached hydrogen (secondary N) is 1. The second kappa shape index (κ2) is 4.77. The molecule has 3 heteroatoms. The maximum absolute atomic E-state index is 3.54. The molecule has 0 heterocycles. The highest BCUT2D eigenvalue weighted by Gasteiger charge is 2.09. The number of hydrogen-bond donors (Lipinski definition) is 1. The summed E-state index contributed by atoms with van der Waals surface area (Å²) in [7, 11) is 0. The van der Waals surface area contributed by atoms with Gasteiger partial charge in [-0.3, -0.25) is 0 Å². The Hall–Kier alpha value is 0.140. The first-order valence-corrected chi connectivity index (χ1v) is 6.16. The van der Waals surface area contributed by atoms with Gasteiger partial charge in [0.25, 0.3) is 0 Å². The fourth-order valence-electron chi connectivity index (χ4n) is 1.03. The second-order valence-electron chi connectivity index (χ2n) is 4.34. The maximum Gasteiger partial charge on any atom is 0.0231 e. The van der Waals surface area contributed by atoms with Crippen molar-refractivity contribution in [1.29, 1.82) is 0 Å². The van der Waals surface area contributed by atoms with Crippen LogP contribution in [0.15, 0.2) is 27.1 Å². The van der Waals surface area contributed by atoms with Crippen LogP contribution in [0.2, 0.25) is 0 Å². The van der Waals surface area contributed by atoms with Gasteiger partial charge < -0.3 is 5.32 Å². The summed E-state index contributed by atoms with van der Waals surface area (Å²) in [5.41, 5.74) is 1.44. The van der Waals surface area contributed by atoms with Crippen molar-refractivity contribution in [1.82, 2.24) is 5.32 Å². The molecule has 78 valence electrons. The SMILES string of the molecule is CC(C)(C)NCc1ccc(Br)cc1Br. The molecule has 0 aliphatic rings. The second-order valence-corrected chi connectivity index (χ2v) is 6.11. The summed E-state index contributed by atoms with van der Waals surface area (Å²) < 4.78 is 2.24. The van der Waals surface area contributed by atoms with Gasteiger partial charge in [0.1, 0.15) is 0 Å². The van der Waals surface area contributed by atoms with Crippen molar-refractivity contribution in [3.8, 4) is 0 Å². The highest BCUT2D eigenvalue weighted by molar-refractivity contribution is 9.11. The van der Waals surface area contributed by atoms with Gasteiger partial charge in [-0.2, -0.15) is 0 Å². The summed E-state index contributed by atoms with van der Waals surface area (Å²) in [6, 6.07) is 6.25. The van der Waals surface area contributed by atoms with Crippen LogP contribution < -0.4 is 5.32 Å².